The van der Waals surface area contributed by atoms with Crippen molar-refractivity contribution in [1.82, 2.24) is 4.57 Å². The minimum Gasteiger partial charge on any atom is -0.338 e. The van der Waals surface area contributed by atoms with Gasteiger partial charge in [-0.15, -0.1) is 0 Å². The third-order valence-corrected chi connectivity index (χ3v) is 3.99. The van der Waals surface area contributed by atoms with Gasteiger partial charge in [-0.3, -0.25) is 14.4 Å². The van der Waals surface area contributed by atoms with Crippen molar-refractivity contribution in [3.63, 3.8) is 0 Å². The molecule has 0 fully saturated rings. The molecule has 0 aliphatic carbocycles. The lowest BCUT2D eigenvalue weighted by Gasteiger charge is -2.09. The molecule has 3 rings (SSSR count). The summed E-state index contributed by atoms with van der Waals surface area (Å²) in [7, 11) is 0. The maximum absolute atomic E-state index is 12.4. The molecule has 132 valence electrons. The van der Waals surface area contributed by atoms with Crippen molar-refractivity contribution in [2.75, 3.05) is 10.6 Å². The van der Waals surface area contributed by atoms with Crippen LogP contribution in [0.5, 0.6) is 0 Å². The van der Waals surface area contributed by atoms with Gasteiger partial charge in [-0.25, -0.2) is 0 Å². The van der Waals surface area contributed by atoms with Crippen LogP contribution in [0.3, 0.4) is 0 Å². The summed E-state index contributed by atoms with van der Waals surface area (Å²) >= 11 is 0. The molecule has 0 atom stereocenters. The molecule has 1 aromatic heterocycles. The monoisotopic (exact) mass is 349 g/mol. The Bertz CT molecular complexity index is 1000. The molecule has 6 heteroatoms. The fourth-order valence-corrected chi connectivity index (χ4v) is 2.83. The van der Waals surface area contributed by atoms with Crippen molar-refractivity contribution in [2.45, 2.75) is 20.4 Å². The molecule has 0 spiro atoms. The molecule has 0 aliphatic rings. The molecule has 3 aromatic rings. The van der Waals surface area contributed by atoms with E-state index in [4.69, 9.17) is 0 Å². The van der Waals surface area contributed by atoms with E-state index in [1.54, 1.807) is 24.3 Å². The number of Topliss-reactive ketones (excluding diaryl/α,β-unsaturated/α-hetero) is 1. The van der Waals surface area contributed by atoms with Gasteiger partial charge in [-0.1, -0.05) is 18.2 Å². The standard InChI is InChI=1S/C20H19N3O3/c1-13(24)15-5-3-6-16(11-15)22-20(26)12-23-10-9-17-18(21-14(2)25)7-4-8-19(17)23/h3-11H,12H2,1-2H3,(H,21,25)(H,22,26). The van der Waals surface area contributed by atoms with Gasteiger partial charge in [0.15, 0.2) is 5.78 Å². The summed E-state index contributed by atoms with van der Waals surface area (Å²) in [6.07, 6.45) is 1.81. The predicted octanol–water partition coefficient (Wildman–Crippen LogP) is 3.44. The van der Waals surface area contributed by atoms with Crippen molar-refractivity contribution < 1.29 is 14.4 Å². The van der Waals surface area contributed by atoms with Gasteiger partial charge >= 0.3 is 0 Å². The van der Waals surface area contributed by atoms with E-state index in [2.05, 4.69) is 10.6 Å². The molecule has 26 heavy (non-hydrogen) atoms. The number of benzene rings is 2. The molecule has 6 nitrogen and oxygen atoms in total. The maximum Gasteiger partial charge on any atom is 0.244 e. The summed E-state index contributed by atoms with van der Waals surface area (Å²) in [6.45, 7) is 3.06. The van der Waals surface area contributed by atoms with Crippen molar-refractivity contribution in [3.05, 3.63) is 60.3 Å². The number of nitrogens with one attached hydrogen (secondary N) is 2. The van der Waals surface area contributed by atoms with E-state index in [1.807, 2.05) is 35.0 Å². The number of nitrogens with zero attached hydrogens (tertiary/aromatic N) is 1. The molecule has 2 amide bonds. The molecule has 2 aromatic carbocycles. The van der Waals surface area contributed by atoms with E-state index in [1.165, 1.54) is 13.8 Å². The van der Waals surface area contributed by atoms with Gasteiger partial charge in [0.2, 0.25) is 11.8 Å². The van der Waals surface area contributed by atoms with E-state index in [0.29, 0.717) is 16.9 Å². The first-order chi connectivity index (χ1) is 12.4. The van der Waals surface area contributed by atoms with Gasteiger partial charge in [0.05, 0.1) is 11.2 Å². The minimum atomic E-state index is -0.201. The van der Waals surface area contributed by atoms with E-state index in [9.17, 15) is 14.4 Å². The molecular weight excluding hydrogens is 330 g/mol. The van der Waals surface area contributed by atoms with Gasteiger partial charge in [-0.05, 0) is 37.3 Å². The Morgan fingerprint density at radius 1 is 0.962 bits per heavy atom. The zero-order valence-electron chi connectivity index (χ0n) is 14.6. The van der Waals surface area contributed by atoms with Gasteiger partial charge in [0, 0.05) is 29.8 Å². The Labute approximate surface area is 150 Å². The van der Waals surface area contributed by atoms with Crippen molar-refractivity contribution in [3.8, 4) is 0 Å². The molecule has 0 bridgehead atoms. The van der Waals surface area contributed by atoms with Gasteiger partial charge < -0.3 is 15.2 Å². The lowest BCUT2D eigenvalue weighted by Crippen LogP contribution is -2.18. The van der Waals surface area contributed by atoms with Crippen LogP contribution in [0, 0.1) is 0 Å². The molecule has 0 aliphatic heterocycles. The number of amides is 2. The lowest BCUT2D eigenvalue weighted by molar-refractivity contribution is -0.116. The number of carbonyl (C=O) groups is 3. The van der Waals surface area contributed by atoms with Crippen LogP contribution in [0.15, 0.2) is 54.7 Å². The first-order valence-electron chi connectivity index (χ1n) is 8.20. The highest BCUT2D eigenvalue weighted by molar-refractivity contribution is 6.01. The number of hydrogen-bond donors (Lipinski definition) is 2. The maximum atomic E-state index is 12.4. The Morgan fingerprint density at radius 2 is 1.73 bits per heavy atom. The number of fused-ring (bicyclic) bond motifs is 1. The van der Waals surface area contributed by atoms with Crippen molar-refractivity contribution in [1.29, 1.82) is 0 Å². The largest absolute Gasteiger partial charge is 0.338 e. The van der Waals surface area contributed by atoms with Crippen LogP contribution in [-0.2, 0) is 16.1 Å². The molecule has 1 heterocycles. The van der Waals surface area contributed by atoms with Crippen LogP contribution in [-0.4, -0.2) is 22.2 Å². The third-order valence-electron chi connectivity index (χ3n) is 3.99. The first-order valence-corrected chi connectivity index (χ1v) is 8.20. The topological polar surface area (TPSA) is 80.2 Å². The van der Waals surface area contributed by atoms with E-state index in [0.717, 1.165) is 10.9 Å². The van der Waals surface area contributed by atoms with Gasteiger partial charge in [-0.2, -0.15) is 0 Å². The fourth-order valence-electron chi connectivity index (χ4n) is 2.83. The Hall–Kier alpha value is -3.41. The van der Waals surface area contributed by atoms with Crippen LogP contribution in [0.1, 0.15) is 24.2 Å². The average Bonchev–Trinajstić information content (AvgIpc) is 2.98. The molecular formula is C20H19N3O3. The van der Waals surface area contributed by atoms with E-state index in [-0.39, 0.29) is 24.1 Å². The number of ketones is 1. The highest BCUT2D eigenvalue weighted by atomic mass is 16.2. The smallest absolute Gasteiger partial charge is 0.244 e. The molecule has 0 saturated heterocycles. The molecule has 0 unspecified atom stereocenters. The number of rotatable bonds is 5. The number of carbonyl (C=O) groups excluding carboxylic acids is 3. The highest BCUT2D eigenvalue weighted by Gasteiger charge is 2.10. The predicted molar refractivity (Wildman–Crippen MR) is 101 cm³/mol. The number of aromatic nitrogens is 1. The highest BCUT2D eigenvalue weighted by Crippen LogP contribution is 2.24. The minimum absolute atomic E-state index is 0.0528. The molecule has 2 N–H and O–H groups in total. The van der Waals surface area contributed by atoms with Crippen molar-refractivity contribution in [2.24, 2.45) is 0 Å². The Kier molecular flexibility index (Phi) is 4.84. The second-order valence-corrected chi connectivity index (χ2v) is 6.05. The third kappa shape index (κ3) is 3.80. The summed E-state index contributed by atoms with van der Waals surface area (Å²) in [5, 5.41) is 6.46. The summed E-state index contributed by atoms with van der Waals surface area (Å²) < 4.78 is 1.81. The first kappa shape index (κ1) is 17.4. The van der Waals surface area contributed by atoms with Crippen LogP contribution in [0.25, 0.3) is 10.9 Å². The van der Waals surface area contributed by atoms with Crippen molar-refractivity contribution >= 4 is 39.9 Å². The second-order valence-electron chi connectivity index (χ2n) is 6.05. The fraction of sp³-hybridized carbons (Fsp3) is 0.150. The Balaban J connectivity index is 1.78. The second kappa shape index (κ2) is 7.23. The zero-order chi connectivity index (χ0) is 18.7. The summed E-state index contributed by atoms with van der Waals surface area (Å²) in [5.74, 6) is -0.399. The van der Waals surface area contributed by atoms with Gasteiger partial charge in [0.1, 0.15) is 6.54 Å². The summed E-state index contributed by atoms with van der Waals surface area (Å²) in [5.41, 5.74) is 2.69. The normalized spacial score (nSPS) is 10.5. The number of anilines is 2. The zero-order valence-corrected chi connectivity index (χ0v) is 14.6. The average molecular weight is 349 g/mol. The lowest BCUT2D eigenvalue weighted by atomic mass is 10.1. The quantitative estimate of drug-likeness (QED) is 0.693. The van der Waals surface area contributed by atoms with E-state index >= 15 is 0 Å². The number of hydrogen-bond acceptors (Lipinski definition) is 3. The van der Waals surface area contributed by atoms with Crippen LogP contribution in [0.2, 0.25) is 0 Å². The Morgan fingerprint density at radius 3 is 2.46 bits per heavy atom. The van der Waals surface area contributed by atoms with Crippen LogP contribution < -0.4 is 10.6 Å². The summed E-state index contributed by atoms with van der Waals surface area (Å²) in [6, 6.07) is 14.3. The van der Waals surface area contributed by atoms with E-state index < -0.39 is 0 Å². The van der Waals surface area contributed by atoms with Gasteiger partial charge in [0.25, 0.3) is 0 Å². The van der Waals surface area contributed by atoms with Crippen LogP contribution in [0.4, 0.5) is 11.4 Å². The SMILES string of the molecule is CC(=O)Nc1cccc2c1ccn2CC(=O)Nc1cccc(C(C)=O)c1. The van der Waals surface area contributed by atoms with Crippen LogP contribution >= 0.6 is 0 Å². The summed E-state index contributed by atoms with van der Waals surface area (Å²) in [4.78, 5) is 35.1. The molecule has 0 radical (unpaired) electrons. The molecule has 0 saturated carbocycles.